The predicted molar refractivity (Wildman–Crippen MR) is 80.8 cm³/mol. The van der Waals surface area contributed by atoms with E-state index in [4.69, 9.17) is 4.74 Å². The van der Waals surface area contributed by atoms with Gasteiger partial charge < -0.3 is 10.1 Å². The molecule has 2 unspecified atom stereocenters. The molecule has 0 amide bonds. The molecule has 2 atom stereocenters. The Labute approximate surface area is 120 Å². The highest BCUT2D eigenvalue weighted by Gasteiger charge is 2.30. The number of nitrogens with one attached hydrogen (secondary N) is 1. The van der Waals surface area contributed by atoms with Gasteiger partial charge >= 0.3 is 0 Å². The molecule has 0 radical (unpaired) electrons. The fourth-order valence-electron chi connectivity index (χ4n) is 3.22. The third-order valence-electron chi connectivity index (χ3n) is 4.22. The molecule has 0 bridgehead atoms. The van der Waals surface area contributed by atoms with E-state index in [0.29, 0.717) is 18.1 Å². The fourth-order valence-corrected chi connectivity index (χ4v) is 4.05. The largest absolute Gasteiger partial charge is 0.380 e. The molecule has 19 heavy (non-hydrogen) atoms. The zero-order valence-electron chi connectivity index (χ0n) is 12.3. The average molecular weight is 282 g/mol. The first-order valence-corrected chi connectivity index (χ1v) is 8.23. The molecule has 1 N–H and O–H groups in total. The van der Waals surface area contributed by atoms with Gasteiger partial charge in [-0.3, -0.25) is 0 Å². The van der Waals surface area contributed by atoms with Crippen molar-refractivity contribution in [1.29, 1.82) is 0 Å². The van der Waals surface area contributed by atoms with Crippen LogP contribution >= 0.6 is 11.3 Å². The first kappa shape index (κ1) is 14.9. The number of rotatable bonds is 6. The monoisotopic (exact) mass is 282 g/mol. The van der Waals surface area contributed by atoms with Crippen LogP contribution in [-0.2, 0) is 11.2 Å². The van der Waals surface area contributed by atoms with E-state index in [2.05, 4.69) is 22.6 Å². The van der Waals surface area contributed by atoms with Crippen LogP contribution in [0.15, 0.2) is 5.38 Å². The van der Waals surface area contributed by atoms with Gasteiger partial charge in [-0.1, -0.05) is 19.3 Å². The normalized spacial score (nSPS) is 20.4. The van der Waals surface area contributed by atoms with E-state index in [1.165, 1.54) is 37.1 Å². The predicted octanol–water partition coefficient (Wildman–Crippen LogP) is 3.18. The molecule has 4 heteroatoms. The summed E-state index contributed by atoms with van der Waals surface area (Å²) in [7, 11) is 3.90. The van der Waals surface area contributed by atoms with Gasteiger partial charge in [0.05, 0.1) is 11.1 Å². The molecule has 2 rings (SSSR count). The quantitative estimate of drug-likeness (QED) is 0.870. The molecule has 1 aliphatic carbocycles. The van der Waals surface area contributed by atoms with Gasteiger partial charge in [-0.25, -0.2) is 4.98 Å². The summed E-state index contributed by atoms with van der Waals surface area (Å²) in [5, 5.41) is 6.80. The Kier molecular flexibility index (Phi) is 5.79. The van der Waals surface area contributed by atoms with Crippen molar-refractivity contribution in [3.8, 4) is 0 Å². The summed E-state index contributed by atoms with van der Waals surface area (Å²) >= 11 is 1.76. The number of thiazole rings is 1. The molecule has 0 aromatic carbocycles. The van der Waals surface area contributed by atoms with Gasteiger partial charge in [0.1, 0.15) is 0 Å². The maximum absolute atomic E-state index is 5.84. The summed E-state index contributed by atoms with van der Waals surface area (Å²) in [6.45, 7) is 2.06. The number of methoxy groups -OCH3 is 1. The lowest BCUT2D eigenvalue weighted by atomic mass is 9.82. The highest BCUT2D eigenvalue weighted by molar-refractivity contribution is 7.09. The van der Waals surface area contributed by atoms with Crippen LogP contribution in [-0.4, -0.2) is 31.3 Å². The highest BCUT2D eigenvalue weighted by atomic mass is 32.1. The second-order valence-electron chi connectivity index (χ2n) is 5.58. The van der Waals surface area contributed by atoms with E-state index in [1.807, 2.05) is 14.2 Å². The van der Waals surface area contributed by atoms with Crippen molar-refractivity contribution in [2.75, 3.05) is 14.2 Å². The Morgan fingerprint density at radius 1 is 1.42 bits per heavy atom. The van der Waals surface area contributed by atoms with Crippen molar-refractivity contribution in [2.45, 2.75) is 57.6 Å². The molecular formula is C15H26N2OS. The number of hydrogen-bond acceptors (Lipinski definition) is 4. The summed E-state index contributed by atoms with van der Waals surface area (Å²) < 4.78 is 5.84. The lowest BCUT2D eigenvalue weighted by Crippen LogP contribution is -2.45. The van der Waals surface area contributed by atoms with Gasteiger partial charge in [0.15, 0.2) is 0 Å². The molecule has 1 fully saturated rings. The van der Waals surface area contributed by atoms with Crippen molar-refractivity contribution >= 4 is 11.3 Å². The molecular weight excluding hydrogens is 256 g/mol. The van der Waals surface area contributed by atoms with E-state index >= 15 is 0 Å². The molecule has 1 aliphatic rings. The summed E-state index contributed by atoms with van der Waals surface area (Å²) in [5.74, 6) is 0.706. The number of nitrogens with zero attached hydrogens (tertiary/aromatic N) is 1. The van der Waals surface area contributed by atoms with Gasteiger partial charge in [0, 0.05) is 30.6 Å². The number of ether oxygens (including phenoxy) is 1. The van der Waals surface area contributed by atoms with E-state index < -0.39 is 0 Å². The molecule has 0 spiro atoms. The molecule has 1 saturated carbocycles. The maximum Gasteiger partial charge on any atom is 0.0944 e. The summed E-state index contributed by atoms with van der Waals surface area (Å²) in [5.41, 5.74) is 1.13. The third-order valence-corrected chi connectivity index (χ3v) is 5.20. The van der Waals surface area contributed by atoms with Crippen LogP contribution in [0.1, 0.15) is 42.8 Å². The van der Waals surface area contributed by atoms with E-state index in [-0.39, 0.29) is 0 Å². The minimum absolute atomic E-state index is 0.314. The van der Waals surface area contributed by atoms with Gasteiger partial charge in [0.25, 0.3) is 0 Å². The fraction of sp³-hybridized carbons (Fsp3) is 0.800. The Morgan fingerprint density at radius 3 is 2.68 bits per heavy atom. The van der Waals surface area contributed by atoms with Crippen LogP contribution in [0.3, 0.4) is 0 Å². The van der Waals surface area contributed by atoms with E-state index in [0.717, 1.165) is 12.1 Å². The van der Waals surface area contributed by atoms with Crippen molar-refractivity contribution in [2.24, 2.45) is 5.92 Å². The molecule has 1 aromatic heterocycles. The molecule has 1 aromatic rings. The zero-order valence-corrected chi connectivity index (χ0v) is 13.1. The zero-order chi connectivity index (χ0) is 13.7. The molecule has 0 saturated heterocycles. The molecule has 1 heterocycles. The van der Waals surface area contributed by atoms with Gasteiger partial charge in [0.2, 0.25) is 0 Å². The standard InChI is InChI=1S/C15H26N2OS/c1-11-10-19-14(17-11)9-13(16-2)15(18-3)12-7-5-4-6-8-12/h10,12-13,15-16H,4-9H2,1-3H3. The van der Waals surface area contributed by atoms with Crippen LogP contribution in [0.2, 0.25) is 0 Å². The van der Waals surface area contributed by atoms with Crippen LogP contribution in [0.5, 0.6) is 0 Å². The molecule has 108 valence electrons. The Balaban J connectivity index is 2.00. The topological polar surface area (TPSA) is 34.2 Å². The number of aryl methyl sites for hydroxylation is 1. The first-order chi connectivity index (χ1) is 9.24. The lowest BCUT2D eigenvalue weighted by molar-refractivity contribution is 0.0101. The van der Waals surface area contributed by atoms with E-state index in [9.17, 15) is 0 Å². The minimum Gasteiger partial charge on any atom is -0.380 e. The summed E-state index contributed by atoms with van der Waals surface area (Å²) in [4.78, 5) is 4.58. The van der Waals surface area contributed by atoms with Crippen molar-refractivity contribution in [3.05, 3.63) is 16.1 Å². The highest BCUT2D eigenvalue weighted by Crippen LogP contribution is 2.30. The lowest BCUT2D eigenvalue weighted by Gasteiger charge is -2.34. The smallest absolute Gasteiger partial charge is 0.0944 e. The number of hydrogen-bond donors (Lipinski definition) is 1. The van der Waals surface area contributed by atoms with Crippen molar-refractivity contribution in [3.63, 3.8) is 0 Å². The van der Waals surface area contributed by atoms with Gasteiger partial charge in [-0.2, -0.15) is 0 Å². The molecule has 3 nitrogen and oxygen atoms in total. The third kappa shape index (κ3) is 4.01. The SMILES string of the molecule is CNC(Cc1nc(C)cs1)C(OC)C1CCCCC1. The Morgan fingerprint density at radius 2 is 2.16 bits per heavy atom. The molecule has 0 aliphatic heterocycles. The van der Waals surface area contributed by atoms with Gasteiger partial charge in [-0.15, -0.1) is 11.3 Å². The number of likely N-dealkylation sites (N-methyl/N-ethyl adjacent to an activating group) is 1. The van der Waals surface area contributed by atoms with Crippen molar-refractivity contribution in [1.82, 2.24) is 10.3 Å². The Bertz CT molecular complexity index is 374. The Hall–Kier alpha value is -0.450. The summed E-state index contributed by atoms with van der Waals surface area (Å²) in [6, 6.07) is 0.374. The van der Waals surface area contributed by atoms with Gasteiger partial charge in [-0.05, 0) is 32.7 Å². The second-order valence-corrected chi connectivity index (χ2v) is 6.52. The van der Waals surface area contributed by atoms with Crippen LogP contribution in [0.4, 0.5) is 0 Å². The first-order valence-electron chi connectivity index (χ1n) is 7.35. The van der Waals surface area contributed by atoms with Crippen LogP contribution in [0.25, 0.3) is 0 Å². The maximum atomic E-state index is 5.84. The second kappa shape index (κ2) is 7.36. The number of aromatic nitrogens is 1. The van der Waals surface area contributed by atoms with Crippen molar-refractivity contribution < 1.29 is 4.74 Å². The average Bonchev–Trinajstić information content (AvgIpc) is 2.85. The van der Waals surface area contributed by atoms with E-state index in [1.54, 1.807) is 11.3 Å². The minimum atomic E-state index is 0.314. The summed E-state index contributed by atoms with van der Waals surface area (Å²) in [6.07, 6.45) is 8.03. The van der Waals surface area contributed by atoms with Crippen LogP contribution in [0, 0.1) is 12.8 Å². The van der Waals surface area contributed by atoms with Crippen LogP contribution < -0.4 is 5.32 Å².